The maximum Gasteiger partial charge on any atom is 0.224 e. The number of anilines is 1. The van der Waals surface area contributed by atoms with Gasteiger partial charge in [0.1, 0.15) is 0 Å². The van der Waals surface area contributed by atoms with E-state index in [1.165, 1.54) is 0 Å². The lowest BCUT2D eigenvalue weighted by Crippen LogP contribution is -2.11. The predicted octanol–water partition coefficient (Wildman–Crippen LogP) is 2.27. The van der Waals surface area contributed by atoms with Crippen molar-refractivity contribution >= 4 is 22.5 Å². The highest BCUT2D eigenvalue weighted by molar-refractivity contribution is 5.93. The molecule has 0 saturated carbocycles. The molecule has 0 spiro atoms. The Morgan fingerprint density at radius 1 is 1.29 bits per heavy atom. The number of carbonyl (C=O) groups excluding carboxylic acids is 1. The van der Waals surface area contributed by atoms with E-state index in [1.807, 2.05) is 30.5 Å². The van der Waals surface area contributed by atoms with E-state index in [1.54, 1.807) is 0 Å². The minimum absolute atomic E-state index is 0.00617. The fourth-order valence-electron chi connectivity index (χ4n) is 1.75. The number of hydrogen-bond donors (Lipinski definition) is 3. The Morgan fingerprint density at radius 3 is 3.00 bits per heavy atom. The van der Waals surface area contributed by atoms with Gasteiger partial charge in [0.05, 0.1) is 0 Å². The highest BCUT2D eigenvalue weighted by Crippen LogP contribution is 2.18. The molecule has 2 rings (SSSR count). The summed E-state index contributed by atoms with van der Waals surface area (Å²) in [6, 6.07) is 7.73. The number of hydrogen-bond acceptors (Lipinski definition) is 2. The molecule has 0 saturated heterocycles. The zero-order valence-corrected chi connectivity index (χ0v) is 9.57. The fraction of sp³-hybridized carbons (Fsp3) is 0.308. The average Bonchev–Trinajstić information content (AvgIpc) is 2.76. The molecular formula is C13H16N2O2. The first kappa shape index (κ1) is 11.7. The number of amides is 1. The van der Waals surface area contributed by atoms with Crippen LogP contribution in [0.4, 0.5) is 5.69 Å². The van der Waals surface area contributed by atoms with Crippen molar-refractivity contribution in [1.82, 2.24) is 4.98 Å². The summed E-state index contributed by atoms with van der Waals surface area (Å²) in [5, 5.41) is 12.6. The highest BCUT2D eigenvalue weighted by Gasteiger charge is 2.03. The zero-order valence-electron chi connectivity index (χ0n) is 9.57. The van der Waals surface area contributed by atoms with E-state index < -0.39 is 0 Å². The number of nitrogens with one attached hydrogen (secondary N) is 2. The molecule has 0 atom stereocenters. The van der Waals surface area contributed by atoms with E-state index in [2.05, 4.69) is 10.3 Å². The molecule has 1 heterocycles. The molecule has 90 valence electrons. The molecule has 3 N–H and O–H groups in total. The molecule has 0 aliphatic rings. The first-order valence-corrected chi connectivity index (χ1v) is 5.77. The van der Waals surface area contributed by atoms with Crippen LogP contribution in [0.25, 0.3) is 10.9 Å². The van der Waals surface area contributed by atoms with Crippen molar-refractivity contribution in [1.29, 1.82) is 0 Å². The highest BCUT2D eigenvalue weighted by atomic mass is 16.2. The quantitative estimate of drug-likeness (QED) is 0.692. The summed E-state index contributed by atoms with van der Waals surface area (Å²) in [5.41, 5.74) is 1.87. The number of aromatic nitrogens is 1. The Bertz CT molecular complexity index is 505. The number of rotatable bonds is 5. The third-order valence-corrected chi connectivity index (χ3v) is 2.65. The van der Waals surface area contributed by atoms with Gasteiger partial charge in [0.2, 0.25) is 5.91 Å². The van der Waals surface area contributed by atoms with Gasteiger partial charge in [-0.2, -0.15) is 0 Å². The third-order valence-electron chi connectivity index (χ3n) is 2.65. The van der Waals surface area contributed by atoms with Crippen molar-refractivity contribution in [2.75, 3.05) is 11.9 Å². The van der Waals surface area contributed by atoms with Crippen LogP contribution in [0.3, 0.4) is 0 Å². The monoisotopic (exact) mass is 232 g/mol. The Morgan fingerprint density at radius 2 is 2.18 bits per heavy atom. The Labute approximate surface area is 99.7 Å². The van der Waals surface area contributed by atoms with Crippen LogP contribution >= 0.6 is 0 Å². The number of fused-ring (bicyclic) bond motifs is 1. The largest absolute Gasteiger partial charge is 0.396 e. The first-order valence-electron chi connectivity index (χ1n) is 5.77. The maximum atomic E-state index is 11.6. The minimum atomic E-state index is -0.00617. The van der Waals surface area contributed by atoms with Crippen LogP contribution < -0.4 is 5.32 Å². The van der Waals surface area contributed by atoms with Crippen molar-refractivity contribution in [3.63, 3.8) is 0 Å². The van der Waals surface area contributed by atoms with Crippen molar-refractivity contribution in [3.05, 3.63) is 30.5 Å². The van der Waals surface area contributed by atoms with E-state index in [0.29, 0.717) is 19.3 Å². The Hall–Kier alpha value is -1.81. The van der Waals surface area contributed by atoms with E-state index in [4.69, 9.17) is 5.11 Å². The average molecular weight is 232 g/mol. The van der Waals surface area contributed by atoms with Gasteiger partial charge in [0.15, 0.2) is 0 Å². The molecule has 0 aliphatic carbocycles. The van der Waals surface area contributed by atoms with Gasteiger partial charge in [0.25, 0.3) is 0 Å². The van der Waals surface area contributed by atoms with Gasteiger partial charge in [0, 0.05) is 35.8 Å². The van der Waals surface area contributed by atoms with Gasteiger partial charge in [-0.15, -0.1) is 0 Å². The van der Waals surface area contributed by atoms with Crippen LogP contribution in [0.5, 0.6) is 0 Å². The van der Waals surface area contributed by atoms with Crippen LogP contribution in [0.15, 0.2) is 30.5 Å². The number of unbranched alkanes of at least 4 members (excludes halogenated alkanes) is 1. The Balaban J connectivity index is 1.95. The summed E-state index contributed by atoms with van der Waals surface area (Å²) in [7, 11) is 0. The maximum absolute atomic E-state index is 11.6. The summed E-state index contributed by atoms with van der Waals surface area (Å²) in [6.45, 7) is 0.141. The van der Waals surface area contributed by atoms with Gasteiger partial charge >= 0.3 is 0 Å². The normalized spacial score (nSPS) is 10.6. The predicted molar refractivity (Wildman–Crippen MR) is 67.9 cm³/mol. The Kier molecular flexibility index (Phi) is 3.77. The second-order valence-corrected chi connectivity index (χ2v) is 4.01. The van der Waals surface area contributed by atoms with Crippen LogP contribution in [0.2, 0.25) is 0 Å². The number of carbonyl (C=O) groups is 1. The van der Waals surface area contributed by atoms with Crippen LogP contribution in [0.1, 0.15) is 19.3 Å². The summed E-state index contributed by atoms with van der Waals surface area (Å²) in [4.78, 5) is 14.7. The molecular weight excluding hydrogens is 216 g/mol. The smallest absolute Gasteiger partial charge is 0.224 e. The molecule has 4 heteroatoms. The number of aromatic amines is 1. The first-order chi connectivity index (χ1) is 8.29. The van der Waals surface area contributed by atoms with Crippen LogP contribution in [-0.2, 0) is 4.79 Å². The molecule has 4 nitrogen and oxygen atoms in total. The zero-order chi connectivity index (χ0) is 12.1. The lowest BCUT2D eigenvalue weighted by atomic mass is 10.2. The van der Waals surface area contributed by atoms with E-state index in [-0.39, 0.29) is 12.5 Å². The molecule has 0 unspecified atom stereocenters. The third kappa shape index (κ3) is 3.07. The summed E-state index contributed by atoms with van der Waals surface area (Å²) >= 11 is 0. The minimum Gasteiger partial charge on any atom is -0.396 e. The molecule has 0 aliphatic heterocycles. The van der Waals surface area contributed by atoms with Gasteiger partial charge < -0.3 is 15.4 Å². The van der Waals surface area contributed by atoms with E-state index >= 15 is 0 Å². The molecule has 2 aromatic rings. The number of aliphatic hydroxyl groups excluding tert-OH is 1. The second kappa shape index (κ2) is 5.50. The molecule has 1 amide bonds. The van der Waals surface area contributed by atoms with E-state index in [9.17, 15) is 4.79 Å². The van der Waals surface area contributed by atoms with Gasteiger partial charge in [-0.3, -0.25) is 4.79 Å². The van der Waals surface area contributed by atoms with Crippen molar-refractivity contribution < 1.29 is 9.90 Å². The summed E-state index contributed by atoms with van der Waals surface area (Å²) in [5.74, 6) is -0.00617. The lowest BCUT2D eigenvalue weighted by molar-refractivity contribution is -0.116. The number of benzene rings is 1. The van der Waals surface area contributed by atoms with Crippen molar-refractivity contribution in [3.8, 4) is 0 Å². The van der Waals surface area contributed by atoms with Crippen molar-refractivity contribution in [2.45, 2.75) is 19.3 Å². The van der Waals surface area contributed by atoms with E-state index in [0.717, 1.165) is 16.6 Å². The van der Waals surface area contributed by atoms with Gasteiger partial charge in [-0.05, 0) is 37.1 Å². The summed E-state index contributed by atoms with van der Waals surface area (Å²) < 4.78 is 0. The van der Waals surface area contributed by atoms with Gasteiger partial charge in [-0.1, -0.05) is 0 Å². The molecule has 0 radical (unpaired) electrons. The fourth-order valence-corrected chi connectivity index (χ4v) is 1.75. The lowest BCUT2D eigenvalue weighted by Gasteiger charge is -2.04. The molecule has 0 fully saturated rings. The SMILES string of the molecule is O=C(CCCCO)Nc1ccc2[nH]ccc2c1. The second-order valence-electron chi connectivity index (χ2n) is 4.01. The van der Waals surface area contributed by atoms with Crippen molar-refractivity contribution in [2.24, 2.45) is 0 Å². The van der Waals surface area contributed by atoms with Crippen LogP contribution in [-0.4, -0.2) is 22.6 Å². The standard InChI is InChI=1S/C13H16N2O2/c16-8-2-1-3-13(17)15-11-4-5-12-10(9-11)6-7-14-12/h4-7,9,14,16H,1-3,8H2,(H,15,17). The molecule has 17 heavy (non-hydrogen) atoms. The molecule has 1 aromatic carbocycles. The molecule has 1 aromatic heterocycles. The van der Waals surface area contributed by atoms with Gasteiger partial charge in [-0.25, -0.2) is 0 Å². The summed E-state index contributed by atoms with van der Waals surface area (Å²) in [6.07, 6.45) is 3.71. The van der Waals surface area contributed by atoms with Crippen LogP contribution in [0, 0.1) is 0 Å². The number of H-pyrrole nitrogens is 1. The molecule has 0 bridgehead atoms. The number of aliphatic hydroxyl groups is 1. The topological polar surface area (TPSA) is 65.1 Å².